The number of hydrogen-bond donors (Lipinski definition) is 0. The summed E-state index contributed by atoms with van der Waals surface area (Å²) in [6.45, 7) is 6.74. The maximum absolute atomic E-state index is 12.9. The lowest BCUT2D eigenvalue weighted by atomic mass is 10.0. The molecule has 1 atom stereocenters. The third-order valence-corrected chi connectivity index (χ3v) is 16.3. The molecule has 0 bridgehead atoms. The van der Waals surface area contributed by atoms with Crippen molar-refractivity contribution in [2.45, 2.75) is 412 Å². The van der Waals surface area contributed by atoms with Crippen molar-refractivity contribution in [1.29, 1.82) is 0 Å². The number of carbonyl (C=O) groups excluding carboxylic acids is 3. The molecule has 0 aromatic rings. The molecule has 77 heavy (non-hydrogen) atoms. The molecule has 0 N–H and O–H groups in total. The number of esters is 3. The summed E-state index contributed by atoms with van der Waals surface area (Å²) in [5.41, 5.74) is 0. The van der Waals surface area contributed by atoms with E-state index in [0.717, 1.165) is 57.8 Å². The highest BCUT2D eigenvalue weighted by Gasteiger charge is 2.19. The lowest BCUT2D eigenvalue weighted by Crippen LogP contribution is -2.30. The van der Waals surface area contributed by atoms with Crippen molar-refractivity contribution in [2.75, 3.05) is 13.2 Å². The van der Waals surface area contributed by atoms with Gasteiger partial charge in [0.15, 0.2) is 6.10 Å². The molecular weight excluding hydrogens is 949 g/mol. The molecule has 6 heteroatoms. The third kappa shape index (κ3) is 64.9. The third-order valence-electron chi connectivity index (χ3n) is 16.3. The van der Waals surface area contributed by atoms with Crippen LogP contribution in [0, 0.1) is 0 Å². The smallest absolute Gasteiger partial charge is 0.306 e. The molecule has 0 heterocycles. The molecule has 0 aliphatic heterocycles. The Labute approximate surface area is 481 Å². The highest BCUT2D eigenvalue weighted by molar-refractivity contribution is 5.71. The van der Waals surface area contributed by atoms with Gasteiger partial charge in [-0.15, -0.1) is 0 Å². The van der Waals surface area contributed by atoms with Crippen LogP contribution in [0.3, 0.4) is 0 Å². The molecule has 0 aliphatic carbocycles. The predicted octanol–water partition coefficient (Wildman–Crippen LogP) is 24.0. The van der Waals surface area contributed by atoms with E-state index in [-0.39, 0.29) is 31.1 Å². The molecule has 456 valence electrons. The zero-order valence-electron chi connectivity index (χ0n) is 52.5. The van der Waals surface area contributed by atoms with Crippen molar-refractivity contribution in [2.24, 2.45) is 0 Å². The van der Waals surface area contributed by atoms with E-state index in [1.807, 2.05) is 0 Å². The van der Waals surface area contributed by atoms with E-state index >= 15 is 0 Å². The zero-order valence-corrected chi connectivity index (χ0v) is 52.5. The minimum Gasteiger partial charge on any atom is -0.462 e. The van der Waals surface area contributed by atoms with Crippen molar-refractivity contribution in [3.05, 3.63) is 12.2 Å². The van der Waals surface area contributed by atoms with Gasteiger partial charge in [0.2, 0.25) is 0 Å². The number of ether oxygens (including phenoxy) is 3. The van der Waals surface area contributed by atoms with Crippen molar-refractivity contribution >= 4 is 17.9 Å². The summed E-state index contributed by atoms with van der Waals surface area (Å²) < 4.78 is 17.0. The van der Waals surface area contributed by atoms with Crippen LogP contribution in [-0.2, 0) is 28.6 Å². The van der Waals surface area contributed by atoms with E-state index in [2.05, 4.69) is 32.9 Å². The van der Waals surface area contributed by atoms with Gasteiger partial charge in [-0.25, -0.2) is 0 Å². The molecule has 0 saturated heterocycles. The average molecular weight is 1090 g/mol. The summed E-state index contributed by atoms with van der Waals surface area (Å²) in [7, 11) is 0. The van der Waals surface area contributed by atoms with Crippen LogP contribution < -0.4 is 0 Å². The lowest BCUT2D eigenvalue weighted by Gasteiger charge is -2.18. The summed E-state index contributed by atoms with van der Waals surface area (Å²) in [4.78, 5) is 38.4. The van der Waals surface area contributed by atoms with Gasteiger partial charge in [-0.05, 0) is 44.9 Å². The van der Waals surface area contributed by atoms with E-state index in [9.17, 15) is 14.4 Å². The highest BCUT2D eigenvalue weighted by atomic mass is 16.6. The van der Waals surface area contributed by atoms with Crippen LogP contribution in [0.5, 0.6) is 0 Å². The fraction of sp³-hybridized carbons (Fsp3) is 0.930. The molecule has 0 spiro atoms. The molecule has 0 aromatic carbocycles. The first-order valence-electron chi connectivity index (χ1n) is 35.2. The Morgan fingerprint density at radius 3 is 0.649 bits per heavy atom. The van der Waals surface area contributed by atoms with Crippen LogP contribution in [0.4, 0.5) is 0 Å². The van der Waals surface area contributed by atoms with Gasteiger partial charge in [0.25, 0.3) is 0 Å². The van der Waals surface area contributed by atoms with Crippen LogP contribution >= 0.6 is 0 Å². The monoisotopic (exact) mass is 1090 g/mol. The second-order valence-corrected chi connectivity index (χ2v) is 24.2. The van der Waals surface area contributed by atoms with Crippen LogP contribution in [0.25, 0.3) is 0 Å². The second kappa shape index (κ2) is 66.7. The topological polar surface area (TPSA) is 78.9 Å². The van der Waals surface area contributed by atoms with Gasteiger partial charge in [-0.3, -0.25) is 14.4 Å². The molecule has 1 unspecified atom stereocenters. The highest BCUT2D eigenvalue weighted by Crippen LogP contribution is 2.19. The van der Waals surface area contributed by atoms with E-state index in [1.54, 1.807) is 0 Å². The maximum atomic E-state index is 12.9. The van der Waals surface area contributed by atoms with E-state index in [4.69, 9.17) is 14.2 Å². The molecule has 0 amide bonds. The maximum Gasteiger partial charge on any atom is 0.306 e. The lowest BCUT2D eigenvalue weighted by molar-refractivity contribution is -0.167. The normalized spacial score (nSPS) is 12.0. The minimum absolute atomic E-state index is 0.0623. The van der Waals surface area contributed by atoms with Crippen molar-refractivity contribution in [3.8, 4) is 0 Å². The predicted molar refractivity (Wildman–Crippen MR) is 335 cm³/mol. The molecule has 0 aromatic heterocycles. The van der Waals surface area contributed by atoms with Crippen molar-refractivity contribution in [3.63, 3.8) is 0 Å². The Balaban J connectivity index is 4.24. The minimum atomic E-state index is -0.766. The van der Waals surface area contributed by atoms with Gasteiger partial charge in [-0.2, -0.15) is 0 Å². The second-order valence-electron chi connectivity index (χ2n) is 24.2. The van der Waals surface area contributed by atoms with Crippen molar-refractivity contribution < 1.29 is 28.6 Å². The molecule has 6 nitrogen and oxygen atoms in total. The Hall–Kier alpha value is -1.85. The number of rotatable bonds is 66. The largest absolute Gasteiger partial charge is 0.462 e. The first-order chi connectivity index (χ1) is 38.0. The Bertz CT molecular complexity index is 1200. The summed E-state index contributed by atoms with van der Waals surface area (Å²) >= 11 is 0. The zero-order chi connectivity index (χ0) is 55.7. The Morgan fingerprint density at radius 1 is 0.247 bits per heavy atom. The summed E-state index contributed by atoms with van der Waals surface area (Å²) in [5.74, 6) is -0.825. The fourth-order valence-corrected chi connectivity index (χ4v) is 11.0. The summed E-state index contributed by atoms with van der Waals surface area (Å²) in [6.07, 6.45) is 79.5. The first kappa shape index (κ1) is 75.2. The quantitative estimate of drug-likeness (QED) is 0.0261. The van der Waals surface area contributed by atoms with Crippen LogP contribution in [0.15, 0.2) is 12.2 Å². The number of hydrogen-bond acceptors (Lipinski definition) is 6. The molecule has 0 radical (unpaired) electrons. The molecular formula is C71H136O6. The van der Waals surface area contributed by atoms with Gasteiger partial charge in [0.05, 0.1) is 0 Å². The van der Waals surface area contributed by atoms with Crippen LogP contribution in [-0.4, -0.2) is 37.2 Å². The van der Waals surface area contributed by atoms with E-state index in [1.165, 1.54) is 308 Å². The van der Waals surface area contributed by atoms with Gasteiger partial charge < -0.3 is 14.2 Å². The van der Waals surface area contributed by atoms with Crippen LogP contribution in [0.2, 0.25) is 0 Å². The first-order valence-corrected chi connectivity index (χ1v) is 35.2. The Kier molecular flexibility index (Phi) is 65.1. The number of carbonyl (C=O) groups is 3. The summed E-state index contributed by atoms with van der Waals surface area (Å²) in [6, 6.07) is 0. The van der Waals surface area contributed by atoms with E-state index < -0.39 is 6.10 Å². The molecule has 0 aliphatic rings. The standard InChI is InChI=1S/C71H136O6/c1-4-7-10-13-16-19-22-25-28-31-32-33-34-35-36-37-38-41-43-46-49-52-55-58-61-64-70(73)76-67-68(77-71(74)65-62-59-56-53-50-47-44-40-30-27-24-21-18-15-12-9-6-3)66-75-69(72)63-60-57-54-51-48-45-42-39-29-26-23-20-17-14-11-8-5-2/h31-32,68H,4-30,33-67H2,1-3H3/b32-31-. The van der Waals surface area contributed by atoms with Crippen molar-refractivity contribution in [1.82, 2.24) is 0 Å². The SMILES string of the molecule is CCCCCCCCCC/C=C\CCCCCCCCCCCCCCCC(=O)OCC(COC(=O)CCCCCCCCCCCCCCCCCCC)OC(=O)CCCCCCCCCCCCCCCCCCC. The van der Waals surface area contributed by atoms with Gasteiger partial charge in [0.1, 0.15) is 13.2 Å². The average Bonchev–Trinajstić information content (AvgIpc) is 3.43. The van der Waals surface area contributed by atoms with Crippen LogP contribution in [0.1, 0.15) is 406 Å². The van der Waals surface area contributed by atoms with E-state index in [0.29, 0.717) is 19.3 Å². The number of unbranched alkanes of at least 4 members (excludes halogenated alkanes) is 53. The molecule has 0 rings (SSSR count). The molecule has 0 saturated carbocycles. The summed E-state index contributed by atoms with van der Waals surface area (Å²) in [5, 5.41) is 0. The Morgan fingerprint density at radius 2 is 0.429 bits per heavy atom. The van der Waals surface area contributed by atoms with Gasteiger partial charge in [-0.1, -0.05) is 354 Å². The van der Waals surface area contributed by atoms with Gasteiger partial charge >= 0.3 is 17.9 Å². The fourth-order valence-electron chi connectivity index (χ4n) is 11.0. The number of allylic oxidation sites excluding steroid dienone is 2. The van der Waals surface area contributed by atoms with Gasteiger partial charge in [0, 0.05) is 19.3 Å². The molecule has 0 fully saturated rings.